The number of hydrogen-bond donors (Lipinski definition) is 1. The van der Waals surface area contributed by atoms with E-state index in [0.29, 0.717) is 17.1 Å². The molecule has 3 rings (SSSR count). The fraction of sp³-hybridized carbons (Fsp3) is 0.0909. The van der Waals surface area contributed by atoms with E-state index < -0.39 is 0 Å². The summed E-state index contributed by atoms with van der Waals surface area (Å²) in [5.41, 5.74) is 6.32. The number of aromatic nitrogens is 2. The van der Waals surface area contributed by atoms with Crippen molar-refractivity contribution in [1.82, 2.24) is 9.55 Å². The molecular weight excluding hydrogens is 258 g/mol. The quantitative estimate of drug-likeness (QED) is 0.791. The van der Waals surface area contributed by atoms with E-state index in [-0.39, 0.29) is 23.4 Å². The molecule has 0 amide bonds. The van der Waals surface area contributed by atoms with Gasteiger partial charge in [0.1, 0.15) is 6.33 Å². The van der Waals surface area contributed by atoms with Gasteiger partial charge in [-0.05, 0) is 6.07 Å². The van der Waals surface area contributed by atoms with Crippen LogP contribution in [0.4, 0.5) is 5.69 Å². The molecule has 2 heterocycles. The van der Waals surface area contributed by atoms with Gasteiger partial charge in [-0.2, -0.15) is 0 Å². The number of ether oxygens (including phenoxy) is 2. The van der Waals surface area contributed by atoms with Crippen molar-refractivity contribution in [2.75, 3.05) is 12.5 Å². The van der Waals surface area contributed by atoms with Gasteiger partial charge in [0.15, 0.2) is 11.5 Å². The lowest BCUT2D eigenvalue weighted by molar-refractivity contribution is 0.0955. The molecule has 0 spiro atoms. The molecule has 0 fully saturated rings. The monoisotopic (exact) mass is 265 g/mol. The van der Waals surface area contributed by atoms with Crippen molar-refractivity contribution in [3.63, 3.8) is 0 Å². The van der Waals surface area contributed by atoms with Crippen molar-refractivity contribution in [1.29, 1.82) is 0 Å². The number of nitrogens with zero attached hydrogens (tertiary/aromatic N) is 2. The van der Waals surface area contributed by atoms with Crippen molar-refractivity contribution >= 4 is 23.2 Å². The zero-order valence-electron chi connectivity index (χ0n) is 9.09. The highest BCUT2D eigenvalue weighted by atomic mass is 35.5. The standard InChI is InChI=1S/C11H8ClN3O3/c12-7-3-6(11(16)15-2-1-14-4-15)9-10(8(7)13)18-5-17-9/h1-4H,5,13H2. The summed E-state index contributed by atoms with van der Waals surface area (Å²) in [6, 6.07) is 1.47. The highest BCUT2D eigenvalue weighted by Gasteiger charge is 2.27. The predicted octanol–water partition coefficient (Wildman–Crippen LogP) is 1.54. The lowest BCUT2D eigenvalue weighted by Gasteiger charge is -2.08. The average molecular weight is 266 g/mol. The Bertz CT molecular complexity index is 625. The largest absolute Gasteiger partial charge is 0.453 e. The van der Waals surface area contributed by atoms with Crippen LogP contribution in [0.1, 0.15) is 10.4 Å². The van der Waals surface area contributed by atoms with E-state index in [4.69, 9.17) is 26.8 Å². The summed E-state index contributed by atoms with van der Waals surface area (Å²) in [5.74, 6) is 0.317. The molecule has 0 atom stereocenters. The van der Waals surface area contributed by atoms with Crippen LogP contribution in [0.25, 0.3) is 0 Å². The minimum absolute atomic E-state index is 0.0179. The number of anilines is 1. The average Bonchev–Trinajstić information content (AvgIpc) is 3.02. The van der Waals surface area contributed by atoms with Crippen LogP contribution in [-0.2, 0) is 0 Å². The lowest BCUT2D eigenvalue weighted by Crippen LogP contribution is -2.11. The third-order valence-corrected chi connectivity index (χ3v) is 2.91. The minimum Gasteiger partial charge on any atom is -0.453 e. The first-order chi connectivity index (χ1) is 8.68. The van der Waals surface area contributed by atoms with E-state index in [9.17, 15) is 4.79 Å². The van der Waals surface area contributed by atoms with Crippen LogP contribution in [0.15, 0.2) is 24.8 Å². The number of rotatable bonds is 1. The third-order valence-electron chi connectivity index (χ3n) is 2.60. The molecule has 0 bridgehead atoms. The van der Waals surface area contributed by atoms with Crippen LogP contribution in [0.3, 0.4) is 0 Å². The third kappa shape index (κ3) is 1.50. The molecule has 0 saturated heterocycles. The molecule has 2 aromatic rings. The Balaban J connectivity index is 2.16. The fourth-order valence-electron chi connectivity index (χ4n) is 1.73. The summed E-state index contributed by atoms with van der Waals surface area (Å²) in [6.07, 6.45) is 4.44. The van der Waals surface area contributed by atoms with Crippen LogP contribution in [0.5, 0.6) is 11.5 Å². The van der Waals surface area contributed by atoms with E-state index >= 15 is 0 Å². The topological polar surface area (TPSA) is 79.4 Å². The van der Waals surface area contributed by atoms with Gasteiger partial charge in [-0.3, -0.25) is 9.36 Å². The second kappa shape index (κ2) is 3.92. The number of benzene rings is 1. The second-order valence-electron chi connectivity index (χ2n) is 3.66. The Labute approximate surface area is 107 Å². The van der Waals surface area contributed by atoms with Gasteiger partial charge in [0.05, 0.1) is 16.3 Å². The summed E-state index contributed by atoms with van der Waals surface area (Å²) in [5, 5.41) is 0.253. The molecule has 0 unspecified atom stereocenters. The SMILES string of the molecule is Nc1c(Cl)cc(C(=O)n2ccnc2)c2c1OCO2. The van der Waals surface area contributed by atoms with Crippen LogP contribution in [-0.4, -0.2) is 22.3 Å². The Morgan fingerprint density at radius 3 is 2.94 bits per heavy atom. The minimum atomic E-state index is -0.309. The molecule has 1 aliphatic heterocycles. The van der Waals surface area contributed by atoms with E-state index in [2.05, 4.69) is 4.98 Å². The smallest absolute Gasteiger partial charge is 0.267 e. The van der Waals surface area contributed by atoms with Gasteiger partial charge in [-0.1, -0.05) is 11.6 Å². The first-order valence-electron chi connectivity index (χ1n) is 5.08. The van der Waals surface area contributed by atoms with Crippen molar-refractivity contribution in [2.24, 2.45) is 0 Å². The van der Waals surface area contributed by atoms with E-state index in [1.54, 1.807) is 0 Å². The molecule has 0 aliphatic carbocycles. The van der Waals surface area contributed by atoms with Crippen LogP contribution in [0.2, 0.25) is 5.02 Å². The van der Waals surface area contributed by atoms with Crippen molar-refractivity contribution in [3.05, 3.63) is 35.4 Å². The number of hydrogen-bond acceptors (Lipinski definition) is 5. The van der Waals surface area contributed by atoms with E-state index in [1.165, 1.54) is 29.4 Å². The normalized spacial score (nSPS) is 12.7. The van der Waals surface area contributed by atoms with Crippen LogP contribution >= 0.6 is 11.6 Å². The molecule has 1 aromatic carbocycles. The van der Waals surface area contributed by atoms with Gasteiger partial charge in [-0.15, -0.1) is 0 Å². The molecule has 1 aromatic heterocycles. The Hall–Kier alpha value is -2.21. The number of carbonyl (C=O) groups excluding carboxylic acids is 1. The predicted molar refractivity (Wildman–Crippen MR) is 63.9 cm³/mol. The Morgan fingerprint density at radius 1 is 1.44 bits per heavy atom. The zero-order valence-corrected chi connectivity index (χ0v) is 9.85. The molecule has 6 nitrogen and oxygen atoms in total. The van der Waals surface area contributed by atoms with Crippen LogP contribution < -0.4 is 15.2 Å². The molecule has 7 heteroatoms. The fourth-order valence-corrected chi connectivity index (χ4v) is 1.93. The van der Waals surface area contributed by atoms with Gasteiger partial charge in [0, 0.05) is 12.4 Å². The maximum absolute atomic E-state index is 12.2. The molecule has 2 N–H and O–H groups in total. The molecule has 1 aliphatic rings. The highest BCUT2D eigenvalue weighted by Crippen LogP contribution is 2.44. The number of imidazole rings is 1. The summed E-state index contributed by atoms with van der Waals surface area (Å²) >= 11 is 5.97. The molecule has 0 radical (unpaired) electrons. The number of halogens is 1. The van der Waals surface area contributed by atoms with Gasteiger partial charge < -0.3 is 15.2 Å². The van der Waals surface area contributed by atoms with Gasteiger partial charge >= 0.3 is 0 Å². The summed E-state index contributed by atoms with van der Waals surface area (Å²) in [6.45, 7) is 0.0179. The molecule has 0 saturated carbocycles. The van der Waals surface area contributed by atoms with E-state index in [1.807, 2.05) is 0 Å². The highest BCUT2D eigenvalue weighted by molar-refractivity contribution is 6.34. The first kappa shape index (κ1) is 10.9. The second-order valence-corrected chi connectivity index (χ2v) is 4.07. The van der Waals surface area contributed by atoms with Crippen molar-refractivity contribution < 1.29 is 14.3 Å². The van der Waals surface area contributed by atoms with Crippen LogP contribution in [0, 0.1) is 0 Å². The number of fused-ring (bicyclic) bond motifs is 1. The number of nitrogen functional groups attached to an aromatic ring is 1. The maximum atomic E-state index is 12.2. The first-order valence-corrected chi connectivity index (χ1v) is 5.46. The van der Waals surface area contributed by atoms with Gasteiger partial charge in [-0.25, -0.2) is 4.98 Å². The van der Waals surface area contributed by atoms with Gasteiger partial charge in [0.25, 0.3) is 5.91 Å². The van der Waals surface area contributed by atoms with Gasteiger partial charge in [0.2, 0.25) is 6.79 Å². The lowest BCUT2D eigenvalue weighted by atomic mass is 10.1. The number of carbonyl (C=O) groups is 1. The van der Waals surface area contributed by atoms with Crippen molar-refractivity contribution in [3.8, 4) is 11.5 Å². The number of nitrogens with two attached hydrogens (primary N) is 1. The zero-order chi connectivity index (χ0) is 12.7. The maximum Gasteiger partial charge on any atom is 0.267 e. The molecule has 92 valence electrons. The van der Waals surface area contributed by atoms with Crippen molar-refractivity contribution in [2.45, 2.75) is 0 Å². The molecular formula is C11H8ClN3O3. The van der Waals surface area contributed by atoms with E-state index in [0.717, 1.165) is 0 Å². The summed E-state index contributed by atoms with van der Waals surface area (Å²) in [7, 11) is 0. The Morgan fingerprint density at radius 2 is 2.22 bits per heavy atom. The molecule has 18 heavy (non-hydrogen) atoms. The Kier molecular flexibility index (Phi) is 2.38. The summed E-state index contributed by atoms with van der Waals surface area (Å²) in [4.78, 5) is 16.0. The summed E-state index contributed by atoms with van der Waals surface area (Å²) < 4.78 is 11.8.